The van der Waals surface area contributed by atoms with E-state index in [0.29, 0.717) is 5.76 Å². The molecule has 1 fully saturated rings. The number of carbonyl (C=O) groups excluding carboxylic acids is 1. The second kappa shape index (κ2) is 8.55. The molecule has 1 amide bonds. The quantitative estimate of drug-likeness (QED) is 0.583. The van der Waals surface area contributed by atoms with Gasteiger partial charge in [-0.1, -0.05) is 0 Å². The molecular formula is C15H21IN2O3. The SMILES string of the molecule is CC(CCN1CCOCC1)NC(=O)C=Cc1ccc(I)o1. The van der Waals surface area contributed by atoms with Gasteiger partial charge < -0.3 is 14.5 Å². The molecule has 1 aromatic rings. The van der Waals surface area contributed by atoms with Crippen molar-refractivity contribution >= 4 is 34.6 Å². The molecule has 6 heteroatoms. The molecule has 0 spiro atoms. The number of rotatable bonds is 6. The second-order valence-corrected chi connectivity index (χ2v) is 6.19. The average Bonchev–Trinajstić information content (AvgIpc) is 2.90. The Balaban J connectivity index is 1.67. The second-order valence-electron chi connectivity index (χ2n) is 5.13. The summed E-state index contributed by atoms with van der Waals surface area (Å²) in [4.78, 5) is 14.2. The van der Waals surface area contributed by atoms with E-state index in [9.17, 15) is 4.79 Å². The third kappa shape index (κ3) is 6.19. The van der Waals surface area contributed by atoms with Crippen LogP contribution in [0.15, 0.2) is 22.6 Å². The Bertz CT molecular complexity index is 481. The fraction of sp³-hybridized carbons (Fsp3) is 0.533. The highest BCUT2D eigenvalue weighted by Crippen LogP contribution is 2.11. The third-order valence-corrected chi connectivity index (χ3v) is 3.94. The third-order valence-electron chi connectivity index (χ3n) is 3.36. The summed E-state index contributed by atoms with van der Waals surface area (Å²) in [6.07, 6.45) is 4.14. The van der Waals surface area contributed by atoms with E-state index in [4.69, 9.17) is 9.15 Å². The van der Waals surface area contributed by atoms with Gasteiger partial charge in [0, 0.05) is 31.8 Å². The van der Waals surface area contributed by atoms with Crippen LogP contribution in [-0.4, -0.2) is 49.7 Å². The van der Waals surface area contributed by atoms with Gasteiger partial charge in [-0.15, -0.1) is 0 Å². The molecule has 1 N–H and O–H groups in total. The van der Waals surface area contributed by atoms with Crippen LogP contribution in [0.5, 0.6) is 0 Å². The van der Waals surface area contributed by atoms with Crippen LogP contribution >= 0.6 is 22.6 Å². The van der Waals surface area contributed by atoms with Crippen molar-refractivity contribution in [3.8, 4) is 0 Å². The molecule has 0 radical (unpaired) electrons. The predicted octanol–water partition coefficient (Wildman–Crippen LogP) is 2.12. The molecule has 0 aliphatic carbocycles. The van der Waals surface area contributed by atoms with Gasteiger partial charge in [0.15, 0.2) is 3.77 Å². The van der Waals surface area contributed by atoms with Crippen LogP contribution in [0.2, 0.25) is 0 Å². The van der Waals surface area contributed by atoms with Crippen molar-refractivity contribution in [2.24, 2.45) is 0 Å². The molecule has 1 saturated heterocycles. The monoisotopic (exact) mass is 404 g/mol. The molecule has 1 aromatic heterocycles. The van der Waals surface area contributed by atoms with Crippen LogP contribution in [0.1, 0.15) is 19.1 Å². The molecular weight excluding hydrogens is 383 g/mol. The minimum absolute atomic E-state index is 0.0871. The minimum Gasteiger partial charge on any atom is -0.451 e. The van der Waals surface area contributed by atoms with Gasteiger partial charge in [-0.25, -0.2) is 0 Å². The van der Waals surface area contributed by atoms with Crippen molar-refractivity contribution < 1.29 is 13.9 Å². The Morgan fingerprint density at radius 2 is 2.24 bits per heavy atom. The molecule has 0 saturated carbocycles. The van der Waals surface area contributed by atoms with E-state index < -0.39 is 0 Å². The van der Waals surface area contributed by atoms with Gasteiger partial charge in [-0.2, -0.15) is 0 Å². The lowest BCUT2D eigenvalue weighted by Gasteiger charge is -2.27. The number of carbonyl (C=O) groups is 1. The van der Waals surface area contributed by atoms with Gasteiger partial charge in [0.25, 0.3) is 0 Å². The molecule has 21 heavy (non-hydrogen) atoms. The summed E-state index contributed by atoms with van der Waals surface area (Å²) < 4.78 is 11.5. The summed E-state index contributed by atoms with van der Waals surface area (Å²) in [5, 5.41) is 2.97. The van der Waals surface area contributed by atoms with Crippen LogP contribution in [0.25, 0.3) is 6.08 Å². The largest absolute Gasteiger partial charge is 0.451 e. The topological polar surface area (TPSA) is 54.7 Å². The van der Waals surface area contributed by atoms with Crippen molar-refractivity contribution in [1.82, 2.24) is 10.2 Å². The molecule has 1 unspecified atom stereocenters. The number of morpholine rings is 1. The zero-order chi connectivity index (χ0) is 15.1. The first-order valence-electron chi connectivity index (χ1n) is 7.17. The van der Waals surface area contributed by atoms with Crippen LogP contribution in [0.4, 0.5) is 0 Å². The molecule has 0 aromatic carbocycles. The van der Waals surface area contributed by atoms with Crippen molar-refractivity contribution in [3.05, 3.63) is 27.7 Å². The van der Waals surface area contributed by atoms with E-state index in [0.717, 1.165) is 43.0 Å². The average molecular weight is 404 g/mol. The number of hydrogen-bond acceptors (Lipinski definition) is 4. The fourth-order valence-corrected chi connectivity index (χ4v) is 2.57. The van der Waals surface area contributed by atoms with E-state index in [2.05, 4.69) is 32.8 Å². The van der Waals surface area contributed by atoms with Crippen LogP contribution in [0.3, 0.4) is 0 Å². The first-order chi connectivity index (χ1) is 10.1. The number of ether oxygens (including phenoxy) is 1. The molecule has 0 bridgehead atoms. The molecule has 1 aliphatic heterocycles. The highest BCUT2D eigenvalue weighted by atomic mass is 127. The summed E-state index contributed by atoms with van der Waals surface area (Å²) in [6, 6.07) is 3.86. The lowest BCUT2D eigenvalue weighted by molar-refractivity contribution is -0.117. The van der Waals surface area contributed by atoms with E-state index in [1.807, 2.05) is 19.1 Å². The van der Waals surface area contributed by atoms with Gasteiger partial charge in [0.1, 0.15) is 5.76 Å². The summed E-state index contributed by atoms with van der Waals surface area (Å²) in [7, 11) is 0. The lowest BCUT2D eigenvalue weighted by Crippen LogP contribution is -2.40. The Labute approximate surface area is 138 Å². The van der Waals surface area contributed by atoms with E-state index >= 15 is 0 Å². The fourth-order valence-electron chi connectivity index (χ4n) is 2.14. The molecule has 2 heterocycles. The highest BCUT2D eigenvalue weighted by molar-refractivity contribution is 14.1. The maximum absolute atomic E-state index is 11.8. The van der Waals surface area contributed by atoms with Crippen LogP contribution < -0.4 is 5.32 Å². The lowest BCUT2D eigenvalue weighted by atomic mass is 10.2. The smallest absolute Gasteiger partial charge is 0.244 e. The van der Waals surface area contributed by atoms with Crippen LogP contribution in [0, 0.1) is 3.77 Å². The predicted molar refractivity (Wildman–Crippen MR) is 89.9 cm³/mol. The van der Waals surface area contributed by atoms with Crippen molar-refractivity contribution in [2.75, 3.05) is 32.8 Å². The number of hydrogen-bond donors (Lipinski definition) is 1. The number of halogens is 1. The Kier molecular flexibility index (Phi) is 6.72. The maximum atomic E-state index is 11.8. The Hall–Kier alpha value is -0.860. The zero-order valence-electron chi connectivity index (χ0n) is 12.2. The first-order valence-corrected chi connectivity index (χ1v) is 8.25. The molecule has 116 valence electrons. The molecule has 1 aliphatic rings. The summed E-state index contributed by atoms with van der Waals surface area (Å²) in [5.74, 6) is 0.603. The van der Waals surface area contributed by atoms with Gasteiger partial charge >= 0.3 is 0 Å². The van der Waals surface area contributed by atoms with Gasteiger partial charge in [-0.05, 0) is 54.1 Å². The molecule has 5 nitrogen and oxygen atoms in total. The normalized spacial score (nSPS) is 18.0. The number of nitrogens with one attached hydrogen (secondary N) is 1. The highest BCUT2D eigenvalue weighted by Gasteiger charge is 2.12. The van der Waals surface area contributed by atoms with Gasteiger partial charge in [0.2, 0.25) is 5.91 Å². The summed E-state index contributed by atoms with van der Waals surface area (Å²) in [6.45, 7) is 6.61. The number of amides is 1. The van der Waals surface area contributed by atoms with Gasteiger partial charge in [0.05, 0.1) is 13.2 Å². The Morgan fingerprint density at radius 3 is 2.90 bits per heavy atom. The van der Waals surface area contributed by atoms with Crippen molar-refractivity contribution in [3.63, 3.8) is 0 Å². The number of nitrogens with zero attached hydrogens (tertiary/aromatic N) is 1. The van der Waals surface area contributed by atoms with Gasteiger partial charge in [-0.3, -0.25) is 9.69 Å². The van der Waals surface area contributed by atoms with E-state index in [1.165, 1.54) is 6.08 Å². The maximum Gasteiger partial charge on any atom is 0.244 e. The van der Waals surface area contributed by atoms with Crippen LogP contribution in [-0.2, 0) is 9.53 Å². The minimum atomic E-state index is -0.0871. The van der Waals surface area contributed by atoms with E-state index in [1.54, 1.807) is 6.08 Å². The standard InChI is InChI=1S/C15H21IN2O3/c1-12(6-7-18-8-10-20-11-9-18)17-15(19)5-3-13-2-4-14(16)21-13/h2-5,12H,6-11H2,1H3,(H,17,19). The number of furan rings is 1. The van der Waals surface area contributed by atoms with Crippen molar-refractivity contribution in [1.29, 1.82) is 0 Å². The summed E-state index contributed by atoms with van der Waals surface area (Å²) in [5.41, 5.74) is 0. The zero-order valence-corrected chi connectivity index (χ0v) is 14.3. The van der Waals surface area contributed by atoms with Crippen molar-refractivity contribution in [2.45, 2.75) is 19.4 Å². The molecule has 2 rings (SSSR count). The molecule has 1 atom stereocenters. The van der Waals surface area contributed by atoms with E-state index in [-0.39, 0.29) is 11.9 Å². The Morgan fingerprint density at radius 1 is 1.48 bits per heavy atom. The summed E-state index contributed by atoms with van der Waals surface area (Å²) >= 11 is 2.09. The first kappa shape index (κ1) is 16.5.